The number of benzene rings is 1. The Morgan fingerprint density at radius 2 is 2.00 bits per heavy atom. The molecule has 0 saturated carbocycles. The Bertz CT molecular complexity index is 353. The van der Waals surface area contributed by atoms with Gasteiger partial charge >= 0.3 is 0 Å². The largest absolute Gasteiger partial charge is 0.343 e. The van der Waals surface area contributed by atoms with Gasteiger partial charge in [-0.1, -0.05) is 28.1 Å². The highest BCUT2D eigenvalue weighted by atomic mass is 79.9. The maximum atomic E-state index is 12.0. The number of carbonyl (C=O) groups is 1. The summed E-state index contributed by atoms with van der Waals surface area (Å²) < 4.78 is 1.03. The number of halogens is 2. The van der Waals surface area contributed by atoms with E-state index in [4.69, 9.17) is 11.6 Å². The van der Waals surface area contributed by atoms with Crippen LogP contribution >= 0.6 is 27.5 Å². The molecule has 4 heteroatoms. The van der Waals surface area contributed by atoms with Gasteiger partial charge in [-0.15, -0.1) is 11.6 Å². The first-order chi connectivity index (χ1) is 8.17. The molecule has 0 aliphatic rings. The molecule has 0 atom stereocenters. The van der Waals surface area contributed by atoms with Crippen LogP contribution in [0.2, 0.25) is 0 Å². The van der Waals surface area contributed by atoms with Crippen molar-refractivity contribution in [1.82, 2.24) is 4.90 Å². The first kappa shape index (κ1) is 14.5. The molecule has 0 heterocycles. The van der Waals surface area contributed by atoms with Crippen LogP contribution in [-0.4, -0.2) is 29.8 Å². The number of rotatable bonds is 6. The predicted molar refractivity (Wildman–Crippen MR) is 75.4 cm³/mol. The zero-order valence-electron chi connectivity index (χ0n) is 9.96. The van der Waals surface area contributed by atoms with Crippen LogP contribution in [0.25, 0.3) is 0 Å². The molecule has 1 rings (SSSR count). The highest BCUT2D eigenvalue weighted by Crippen LogP contribution is 2.11. The minimum absolute atomic E-state index is 0.167. The lowest BCUT2D eigenvalue weighted by Gasteiger charge is -2.20. The van der Waals surface area contributed by atoms with Crippen molar-refractivity contribution in [3.05, 3.63) is 34.3 Å². The molecular weight excluding hydrogens is 302 g/mol. The summed E-state index contributed by atoms with van der Waals surface area (Å²) in [4.78, 5) is 13.9. The Labute approximate surface area is 116 Å². The number of hydrogen-bond donors (Lipinski definition) is 0. The molecule has 0 unspecified atom stereocenters. The molecule has 17 heavy (non-hydrogen) atoms. The standard InChI is InChI=1S/C13H17BrClNO/c1-2-16(9-3-8-15)13(17)10-11-4-6-12(14)7-5-11/h4-7H,2-3,8-10H2,1H3. The molecule has 0 N–H and O–H groups in total. The summed E-state index contributed by atoms with van der Waals surface area (Å²) in [6.07, 6.45) is 1.31. The molecule has 1 aromatic rings. The normalized spacial score (nSPS) is 10.3. The van der Waals surface area contributed by atoms with Crippen molar-refractivity contribution in [2.45, 2.75) is 19.8 Å². The maximum Gasteiger partial charge on any atom is 0.226 e. The van der Waals surface area contributed by atoms with Crippen LogP contribution in [0.15, 0.2) is 28.7 Å². The number of hydrogen-bond acceptors (Lipinski definition) is 1. The number of alkyl halides is 1. The molecule has 0 bridgehead atoms. The van der Waals surface area contributed by atoms with E-state index in [2.05, 4.69) is 15.9 Å². The molecule has 2 nitrogen and oxygen atoms in total. The quantitative estimate of drug-likeness (QED) is 0.736. The van der Waals surface area contributed by atoms with Gasteiger partial charge in [0.1, 0.15) is 0 Å². The van der Waals surface area contributed by atoms with Crippen LogP contribution in [0, 0.1) is 0 Å². The van der Waals surface area contributed by atoms with Gasteiger partial charge in [0.05, 0.1) is 6.42 Å². The lowest BCUT2D eigenvalue weighted by molar-refractivity contribution is -0.130. The fraction of sp³-hybridized carbons (Fsp3) is 0.462. The van der Waals surface area contributed by atoms with Gasteiger partial charge in [-0.2, -0.15) is 0 Å². The van der Waals surface area contributed by atoms with Crippen LogP contribution in [-0.2, 0) is 11.2 Å². The van der Waals surface area contributed by atoms with Crippen molar-refractivity contribution in [1.29, 1.82) is 0 Å². The summed E-state index contributed by atoms with van der Waals surface area (Å²) in [5, 5.41) is 0. The Morgan fingerprint density at radius 3 is 2.53 bits per heavy atom. The summed E-state index contributed by atoms with van der Waals surface area (Å²) in [5.41, 5.74) is 1.04. The highest BCUT2D eigenvalue weighted by molar-refractivity contribution is 9.10. The average Bonchev–Trinajstić information content (AvgIpc) is 2.33. The SMILES string of the molecule is CCN(CCCCl)C(=O)Cc1ccc(Br)cc1. The number of carbonyl (C=O) groups excluding carboxylic acids is 1. The molecule has 0 fully saturated rings. The van der Waals surface area contributed by atoms with Crippen LogP contribution in [0.1, 0.15) is 18.9 Å². The van der Waals surface area contributed by atoms with E-state index in [0.717, 1.165) is 29.5 Å². The maximum absolute atomic E-state index is 12.0. The smallest absolute Gasteiger partial charge is 0.226 e. The van der Waals surface area contributed by atoms with Gasteiger partial charge in [-0.05, 0) is 31.0 Å². The zero-order valence-corrected chi connectivity index (χ0v) is 12.3. The second-order valence-corrected chi connectivity index (χ2v) is 5.11. The third-order valence-corrected chi connectivity index (χ3v) is 3.36. The van der Waals surface area contributed by atoms with E-state index < -0.39 is 0 Å². The lowest BCUT2D eigenvalue weighted by atomic mass is 10.1. The van der Waals surface area contributed by atoms with Gasteiger partial charge in [-0.25, -0.2) is 0 Å². The number of likely N-dealkylation sites (N-methyl/N-ethyl adjacent to an activating group) is 1. The summed E-state index contributed by atoms with van der Waals surface area (Å²) in [6, 6.07) is 7.85. The first-order valence-electron chi connectivity index (χ1n) is 5.75. The molecule has 0 spiro atoms. The molecule has 1 amide bonds. The molecule has 94 valence electrons. The molecule has 0 radical (unpaired) electrons. The second-order valence-electron chi connectivity index (χ2n) is 3.82. The van der Waals surface area contributed by atoms with E-state index in [1.54, 1.807) is 0 Å². The Kier molecular flexibility index (Phi) is 6.60. The highest BCUT2D eigenvalue weighted by Gasteiger charge is 2.11. The third kappa shape index (κ3) is 5.09. The molecule has 1 aromatic carbocycles. The van der Waals surface area contributed by atoms with Crippen LogP contribution in [0.3, 0.4) is 0 Å². The van der Waals surface area contributed by atoms with Crippen molar-refractivity contribution in [3.8, 4) is 0 Å². The van der Waals surface area contributed by atoms with Crippen LogP contribution in [0.5, 0.6) is 0 Å². The lowest BCUT2D eigenvalue weighted by Crippen LogP contribution is -2.33. The van der Waals surface area contributed by atoms with Crippen molar-refractivity contribution in [2.75, 3.05) is 19.0 Å². The number of nitrogens with zero attached hydrogens (tertiary/aromatic N) is 1. The van der Waals surface area contributed by atoms with E-state index in [-0.39, 0.29) is 5.91 Å². The summed E-state index contributed by atoms with van der Waals surface area (Å²) in [5.74, 6) is 0.766. The van der Waals surface area contributed by atoms with Gasteiger partial charge < -0.3 is 4.90 Å². The molecule has 0 aliphatic carbocycles. The van der Waals surface area contributed by atoms with E-state index in [0.29, 0.717) is 12.3 Å². The fourth-order valence-corrected chi connectivity index (χ4v) is 1.98. The summed E-state index contributed by atoms with van der Waals surface area (Å²) in [6.45, 7) is 3.48. The Morgan fingerprint density at radius 1 is 1.35 bits per heavy atom. The number of amides is 1. The minimum atomic E-state index is 0.167. The average molecular weight is 319 g/mol. The molecular formula is C13H17BrClNO. The first-order valence-corrected chi connectivity index (χ1v) is 7.08. The monoisotopic (exact) mass is 317 g/mol. The Hall–Kier alpha value is -0.540. The topological polar surface area (TPSA) is 20.3 Å². The second kappa shape index (κ2) is 7.72. The molecule has 0 aromatic heterocycles. The molecule has 0 aliphatic heterocycles. The summed E-state index contributed by atoms with van der Waals surface area (Å²) in [7, 11) is 0. The van der Waals surface area contributed by atoms with E-state index in [1.807, 2.05) is 36.1 Å². The predicted octanol–water partition coefficient (Wildman–Crippen LogP) is 3.47. The molecule has 0 saturated heterocycles. The van der Waals surface area contributed by atoms with Gasteiger partial charge in [0.15, 0.2) is 0 Å². The Balaban J connectivity index is 2.54. The fourth-order valence-electron chi connectivity index (χ4n) is 1.60. The van der Waals surface area contributed by atoms with Gasteiger partial charge in [0.2, 0.25) is 5.91 Å². The van der Waals surface area contributed by atoms with Gasteiger partial charge in [0.25, 0.3) is 0 Å². The third-order valence-electron chi connectivity index (χ3n) is 2.56. The minimum Gasteiger partial charge on any atom is -0.343 e. The van der Waals surface area contributed by atoms with Gasteiger partial charge in [0, 0.05) is 23.4 Å². The van der Waals surface area contributed by atoms with Crippen molar-refractivity contribution >= 4 is 33.4 Å². The van der Waals surface area contributed by atoms with Crippen molar-refractivity contribution in [3.63, 3.8) is 0 Å². The van der Waals surface area contributed by atoms with Crippen LogP contribution < -0.4 is 0 Å². The van der Waals surface area contributed by atoms with Crippen molar-refractivity contribution < 1.29 is 4.79 Å². The van der Waals surface area contributed by atoms with E-state index in [1.165, 1.54) is 0 Å². The van der Waals surface area contributed by atoms with E-state index >= 15 is 0 Å². The van der Waals surface area contributed by atoms with Gasteiger partial charge in [-0.3, -0.25) is 4.79 Å². The van der Waals surface area contributed by atoms with Crippen molar-refractivity contribution in [2.24, 2.45) is 0 Å². The zero-order chi connectivity index (χ0) is 12.7. The van der Waals surface area contributed by atoms with Crippen LogP contribution in [0.4, 0.5) is 0 Å². The summed E-state index contributed by atoms with van der Waals surface area (Å²) >= 11 is 9.02. The van der Waals surface area contributed by atoms with E-state index in [9.17, 15) is 4.79 Å².